The zero-order chi connectivity index (χ0) is 23.2. The van der Waals surface area contributed by atoms with Gasteiger partial charge in [0.15, 0.2) is 17.0 Å². The van der Waals surface area contributed by atoms with E-state index in [0.29, 0.717) is 26.1 Å². The number of aryl methyl sites for hydroxylation is 1. The lowest BCUT2D eigenvalue weighted by molar-refractivity contribution is -0.142. The normalized spacial score (nSPS) is 12.0. The summed E-state index contributed by atoms with van der Waals surface area (Å²) in [6, 6.07) is 4.26. The van der Waals surface area contributed by atoms with Gasteiger partial charge in [0.05, 0.1) is 27.3 Å². The van der Waals surface area contributed by atoms with Gasteiger partial charge in [-0.05, 0) is 40.4 Å². The number of hydrogen-bond acceptors (Lipinski definition) is 5. The first kappa shape index (κ1) is 22.7. The summed E-state index contributed by atoms with van der Waals surface area (Å²) < 4.78 is 44.3. The van der Waals surface area contributed by atoms with E-state index in [1.807, 2.05) is 6.92 Å². The molecule has 4 aromatic heterocycles. The monoisotopic (exact) mass is 546 g/mol. The Bertz CT molecular complexity index is 1300. The fourth-order valence-electron chi connectivity index (χ4n) is 3.06. The van der Waals surface area contributed by atoms with Gasteiger partial charge < -0.3 is 4.90 Å². The van der Waals surface area contributed by atoms with Gasteiger partial charge in [-0.15, -0.1) is 11.3 Å². The maximum absolute atomic E-state index is 13.8. The molecule has 0 unspecified atom stereocenters. The van der Waals surface area contributed by atoms with Crippen molar-refractivity contribution >= 4 is 50.4 Å². The number of rotatable bonds is 5. The molecular weight excluding hydrogens is 533 g/mol. The maximum Gasteiger partial charge on any atom is 0.433 e. The predicted molar refractivity (Wildman–Crippen MR) is 118 cm³/mol. The number of nitrogens with zero attached hydrogens (tertiary/aromatic N) is 6. The van der Waals surface area contributed by atoms with E-state index in [4.69, 9.17) is 11.6 Å². The molecule has 0 spiro atoms. The van der Waals surface area contributed by atoms with Crippen molar-refractivity contribution < 1.29 is 18.0 Å². The van der Waals surface area contributed by atoms with Crippen molar-refractivity contribution in [3.05, 3.63) is 56.4 Å². The Kier molecular flexibility index (Phi) is 6.03. The van der Waals surface area contributed by atoms with E-state index in [-0.39, 0.29) is 28.6 Å². The van der Waals surface area contributed by atoms with E-state index in [2.05, 4.69) is 31.1 Å². The first-order valence-electron chi connectivity index (χ1n) is 9.27. The molecule has 168 valence electrons. The van der Waals surface area contributed by atoms with Crippen LogP contribution in [0.1, 0.15) is 28.8 Å². The Balaban J connectivity index is 1.76. The Morgan fingerprint density at radius 2 is 2.09 bits per heavy atom. The van der Waals surface area contributed by atoms with Crippen molar-refractivity contribution in [2.24, 2.45) is 0 Å². The molecule has 13 heteroatoms. The molecule has 0 bridgehead atoms. The highest BCUT2D eigenvalue weighted by molar-refractivity contribution is 9.10. The van der Waals surface area contributed by atoms with Crippen LogP contribution >= 0.6 is 38.9 Å². The predicted octanol–water partition coefficient (Wildman–Crippen LogP) is 5.38. The summed E-state index contributed by atoms with van der Waals surface area (Å²) in [4.78, 5) is 19.1. The van der Waals surface area contributed by atoms with Crippen molar-refractivity contribution in [2.45, 2.75) is 26.2 Å². The Hall–Kier alpha value is -2.44. The molecule has 1 amide bonds. The molecule has 4 heterocycles. The highest BCUT2D eigenvalue weighted by Gasteiger charge is 2.37. The summed E-state index contributed by atoms with van der Waals surface area (Å²) >= 11 is 11.0. The Morgan fingerprint density at radius 3 is 2.69 bits per heavy atom. The Labute approximate surface area is 197 Å². The van der Waals surface area contributed by atoms with Crippen LogP contribution in [0.25, 0.3) is 16.2 Å². The lowest BCUT2D eigenvalue weighted by Gasteiger charge is -2.14. The minimum absolute atomic E-state index is 0.100. The number of carbonyl (C=O) groups is 1. The second-order valence-electron chi connectivity index (χ2n) is 6.84. The molecule has 32 heavy (non-hydrogen) atoms. The van der Waals surface area contributed by atoms with Crippen LogP contribution in [0.4, 0.5) is 13.2 Å². The van der Waals surface area contributed by atoms with E-state index in [0.717, 1.165) is 6.07 Å². The number of hydrogen-bond donors (Lipinski definition) is 0. The standard InChI is InChI=1S/C19H15BrClF3N6OS/c1-3-29-8-10(20)12(26-29)9-28(2)18(31)16-15(21)17-25-11(13-5-4-6-32-13)7-14(19(22,23)24)30(17)27-16/h4-8H,3,9H2,1-2H3. The highest BCUT2D eigenvalue weighted by atomic mass is 79.9. The fraction of sp³-hybridized carbons (Fsp3) is 0.263. The van der Waals surface area contributed by atoms with Gasteiger partial charge in [-0.3, -0.25) is 9.48 Å². The third-order valence-corrected chi connectivity index (χ3v) is 6.55. The van der Waals surface area contributed by atoms with Gasteiger partial charge in [-0.25, -0.2) is 9.50 Å². The van der Waals surface area contributed by atoms with Crippen molar-refractivity contribution in [3.8, 4) is 10.6 Å². The number of aromatic nitrogens is 5. The molecule has 0 radical (unpaired) electrons. The minimum Gasteiger partial charge on any atom is -0.334 e. The molecule has 0 fully saturated rings. The van der Waals surface area contributed by atoms with E-state index >= 15 is 0 Å². The van der Waals surface area contributed by atoms with Crippen molar-refractivity contribution in [3.63, 3.8) is 0 Å². The van der Waals surface area contributed by atoms with Crippen LogP contribution in [0.15, 0.2) is 34.2 Å². The third kappa shape index (κ3) is 4.14. The van der Waals surface area contributed by atoms with Crippen LogP contribution in [0.2, 0.25) is 5.02 Å². The largest absolute Gasteiger partial charge is 0.433 e. The van der Waals surface area contributed by atoms with Gasteiger partial charge in [-0.1, -0.05) is 17.7 Å². The van der Waals surface area contributed by atoms with Crippen LogP contribution in [0.5, 0.6) is 0 Å². The fourth-order valence-corrected chi connectivity index (χ4v) is 4.43. The molecule has 0 aromatic carbocycles. The molecule has 0 atom stereocenters. The molecule has 0 aliphatic rings. The van der Waals surface area contributed by atoms with Gasteiger partial charge in [0.1, 0.15) is 5.02 Å². The van der Waals surface area contributed by atoms with Crippen molar-refractivity contribution in [1.82, 2.24) is 29.3 Å². The van der Waals surface area contributed by atoms with Gasteiger partial charge in [-0.2, -0.15) is 23.4 Å². The van der Waals surface area contributed by atoms with Gasteiger partial charge in [0.2, 0.25) is 0 Å². The molecule has 4 aromatic rings. The first-order valence-corrected chi connectivity index (χ1v) is 11.3. The lowest BCUT2D eigenvalue weighted by atomic mass is 10.2. The number of halogens is 5. The van der Waals surface area contributed by atoms with Crippen LogP contribution in [-0.4, -0.2) is 42.2 Å². The average Bonchev–Trinajstić information content (AvgIpc) is 3.46. The van der Waals surface area contributed by atoms with Crippen LogP contribution in [-0.2, 0) is 19.3 Å². The minimum atomic E-state index is -4.73. The molecule has 7 nitrogen and oxygen atoms in total. The number of carbonyl (C=O) groups excluding carboxylic acids is 1. The molecular formula is C19H15BrClF3N6OS. The van der Waals surface area contributed by atoms with E-state index in [9.17, 15) is 18.0 Å². The molecule has 0 aliphatic heterocycles. The van der Waals surface area contributed by atoms with E-state index < -0.39 is 17.8 Å². The second kappa shape index (κ2) is 8.49. The van der Waals surface area contributed by atoms with Crippen molar-refractivity contribution in [1.29, 1.82) is 0 Å². The zero-order valence-electron chi connectivity index (χ0n) is 16.7. The van der Waals surface area contributed by atoms with Gasteiger partial charge in [0.25, 0.3) is 5.91 Å². The van der Waals surface area contributed by atoms with Crippen LogP contribution < -0.4 is 0 Å². The quantitative estimate of drug-likeness (QED) is 0.336. The molecule has 0 aliphatic carbocycles. The third-order valence-electron chi connectivity index (χ3n) is 4.64. The molecule has 0 saturated heterocycles. The topological polar surface area (TPSA) is 68.3 Å². The number of amides is 1. The maximum atomic E-state index is 13.8. The van der Waals surface area contributed by atoms with Crippen LogP contribution in [0.3, 0.4) is 0 Å². The second-order valence-corrected chi connectivity index (χ2v) is 9.02. The van der Waals surface area contributed by atoms with Gasteiger partial charge in [0, 0.05) is 19.8 Å². The average molecular weight is 548 g/mol. The molecule has 0 N–H and O–H groups in total. The number of fused-ring (bicyclic) bond motifs is 1. The van der Waals surface area contributed by atoms with E-state index in [1.165, 1.54) is 23.3 Å². The number of alkyl halides is 3. The Morgan fingerprint density at radius 1 is 1.34 bits per heavy atom. The molecule has 0 saturated carbocycles. The summed E-state index contributed by atoms with van der Waals surface area (Å²) in [7, 11) is 1.50. The number of thiophene rings is 1. The van der Waals surface area contributed by atoms with Gasteiger partial charge >= 0.3 is 6.18 Å². The summed E-state index contributed by atoms with van der Waals surface area (Å²) in [5.41, 5.74) is -0.932. The van der Waals surface area contributed by atoms with Crippen LogP contribution in [0, 0.1) is 0 Å². The SMILES string of the molecule is CCn1cc(Br)c(CN(C)C(=O)c2nn3c(C(F)(F)F)cc(-c4cccs4)nc3c2Cl)n1. The zero-order valence-corrected chi connectivity index (χ0v) is 19.8. The summed E-state index contributed by atoms with van der Waals surface area (Å²) in [5.74, 6) is -0.649. The smallest absolute Gasteiger partial charge is 0.334 e. The summed E-state index contributed by atoms with van der Waals surface area (Å²) in [5, 5.41) is 9.72. The van der Waals surface area contributed by atoms with E-state index in [1.54, 1.807) is 28.4 Å². The van der Waals surface area contributed by atoms with Crippen molar-refractivity contribution in [2.75, 3.05) is 7.05 Å². The first-order chi connectivity index (χ1) is 15.1. The summed E-state index contributed by atoms with van der Waals surface area (Å²) in [6.07, 6.45) is -2.95. The summed E-state index contributed by atoms with van der Waals surface area (Å²) in [6.45, 7) is 2.67. The highest BCUT2D eigenvalue weighted by Crippen LogP contribution is 2.35. The molecule has 4 rings (SSSR count). The lowest BCUT2D eigenvalue weighted by Crippen LogP contribution is -2.27.